The van der Waals surface area contributed by atoms with E-state index in [0.717, 1.165) is 0 Å². The molecule has 0 amide bonds. The molecule has 6 nitrogen and oxygen atoms in total. The molecule has 0 atom stereocenters. The number of para-hydroxylation sites is 2. The second-order valence-corrected chi connectivity index (χ2v) is 3.94. The van der Waals surface area contributed by atoms with Crippen molar-refractivity contribution >= 4 is 23.2 Å². The van der Waals surface area contributed by atoms with Gasteiger partial charge in [0.15, 0.2) is 5.82 Å². The maximum absolute atomic E-state index is 11.6. The lowest BCUT2D eigenvalue weighted by atomic mass is 10.2. The number of nitrogens with two attached hydrogens (primary N) is 1. The first-order chi connectivity index (χ1) is 9.67. The van der Waals surface area contributed by atoms with Gasteiger partial charge in [-0.15, -0.1) is 0 Å². The number of benzene rings is 1. The predicted octanol–water partition coefficient (Wildman–Crippen LogP) is 2.20. The van der Waals surface area contributed by atoms with Gasteiger partial charge in [0.05, 0.1) is 31.2 Å². The molecule has 2 aromatic rings. The Morgan fingerprint density at radius 3 is 2.70 bits per heavy atom. The van der Waals surface area contributed by atoms with Crippen LogP contribution >= 0.6 is 0 Å². The summed E-state index contributed by atoms with van der Waals surface area (Å²) in [5, 5.41) is 3.04. The molecule has 1 aromatic heterocycles. The highest BCUT2D eigenvalue weighted by atomic mass is 16.5. The summed E-state index contributed by atoms with van der Waals surface area (Å²) in [4.78, 5) is 15.7. The van der Waals surface area contributed by atoms with Crippen LogP contribution in [0.1, 0.15) is 10.4 Å². The zero-order valence-corrected chi connectivity index (χ0v) is 11.2. The molecule has 0 unspecified atom stereocenters. The van der Waals surface area contributed by atoms with Gasteiger partial charge in [0.1, 0.15) is 5.75 Å². The van der Waals surface area contributed by atoms with Crippen LogP contribution in [0.5, 0.6) is 5.75 Å². The smallest absolute Gasteiger partial charge is 0.340 e. The molecule has 1 aromatic carbocycles. The zero-order chi connectivity index (χ0) is 14.5. The van der Waals surface area contributed by atoms with Crippen LogP contribution in [-0.4, -0.2) is 25.2 Å². The molecule has 0 radical (unpaired) electrons. The molecule has 0 aliphatic heterocycles. The maximum Gasteiger partial charge on any atom is 0.340 e. The predicted molar refractivity (Wildman–Crippen MR) is 76.3 cm³/mol. The van der Waals surface area contributed by atoms with Gasteiger partial charge in [-0.1, -0.05) is 12.1 Å². The van der Waals surface area contributed by atoms with E-state index in [9.17, 15) is 4.79 Å². The average Bonchev–Trinajstić information content (AvgIpc) is 2.49. The fourth-order valence-electron chi connectivity index (χ4n) is 1.74. The number of carbonyl (C=O) groups is 1. The Hall–Kier alpha value is -2.76. The monoisotopic (exact) mass is 273 g/mol. The van der Waals surface area contributed by atoms with Crippen LogP contribution in [0.25, 0.3) is 0 Å². The number of carbonyl (C=O) groups excluding carboxylic acids is 1. The molecule has 104 valence electrons. The minimum absolute atomic E-state index is 0.227. The van der Waals surface area contributed by atoms with E-state index < -0.39 is 5.97 Å². The second-order valence-electron chi connectivity index (χ2n) is 3.94. The number of nitrogens with one attached hydrogen (secondary N) is 1. The third-order valence-corrected chi connectivity index (χ3v) is 2.76. The Balaban J connectivity index is 2.37. The van der Waals surface area contributed by atoms with Crippen molar-refractivity contribution in [2.24, 2.45) is 0 Å². The summed E-state index contributed by atoms with van der Waals surface area (Å²) in [5.41, 5.74) is 7.13. The van der Waals surface area contributed by atoms with Gasteiger partial charge in [-0.2, -0.15) is 0 Å². The number of nitrogens with zero attached hydrogens (tertiary/aromatic N) is 1. The number of pyridine rings is 1. The number of nitrogen functional groups attached to an aromatic ring is 1. The summed E-state index contributed by atoms with van der Waals surface area (Å²) < 4.78 is 9.90. The third-order valence-electron chi connectivity index (χ3n) is 2.76. The van der Waals surface area contributed by atoms with Crippen LogP contribution in [-0.2, 0) is 4.74 Å². The fourth-order valence-corrected chi connectivity index (χ4v) is 1.74. The van der Waals surface area contributed by atoms with Crippen molar-refractivity contribution < 1.29 is 14.3 Å². The molecule has 0 bridgehead atoms. The lowest BCUT2D eigenvalue weighted by molar-refractivity contribution is 0.0602. The molecule has 0 saturated heterocycles. The van der Waals surface area contributed by atoms with Crippen molar-refractivity contribution in [3.8, 4) is 5.75 Å². The summed E-state index contributed by atoms with van der Waals surface area (Å²) in [7, 11) is 2.87. The molecule has 0 spiro atoms. The van der Waals surface area contributed by atoms with Crippen LogP contribution in [0.2, 0.25) is 0 Å². The number of aromatic nitrogens is 1. The molecule has 1 heterocycles. The van der Waals surface area contributed by atoms with E-state index in [0.29, 0.717) is 17.3 Å². The van der Waals surface area contributed by atoms with E-state index in [1.807, 2.05) is 24.3 Å². The normalized spacial score (nSPS) is 9.90. The van der Waals surface area contributed by atoms with E-state index in [4.69, 9.17) is 10.5 Å². The number of rotatable bonds is 4. The molecule has 0 saturated carbocycles. The lowest BCUT2D eigenvalue weighted by Crippen LogP contribution is -2.09. The van der Waals surface area contributed by atoms with Gasteiger partial charge in [0.25, 0.3) is 0 Å². The highest BCUT2D eigenvalue weighted by Gasteiger charge is 2.14. The molecule has 6 heteroatoms. The molecule has 20 heavy (non-hydrogen) atoms. The van der Waals surface area contributed by atoms with Crippen molar-refractivity contribution in [3.05, 3.63) is 42.1 Å². The van der Waals surface area contributed by atoms with Crippen LogP contribution < -0.4 is 15.8 Å². The first kappa shape index (κ1) is 13.7. The first-order valence-electron chi connectivity index (χ1n) is 5.90. The Labute approximate surface area is 116 Å². The number of methoxy groups -OCH3 is 2. The number of hydrogen-bond acceptors (Lipinski definition) is 6. The SMILES string of the molecule is COC(=O)c1ccnc(Nc2ccccc2OC)c1N. The Morgan fingerprint density at radius 2 is 2.00 bits per heavy atom. The van der Waals surface area contributed by atoms with Gasteiger partial charge in [0.2, 0.25) is 0 Å². The fraction of sp³-hybridized carbons (Fsp3) is 0.143. The van der Waals surface area contributed by atoms with Crippen molar-refractivity contribution in [1.29, 1.82) is 0 Å². The quantitative estimate of drug-likeness (QED) is 0.830. The second kappa shape index (κ2) is 5.92. The van der Waals surface area contributed by atoms with Gasteiger partial charge in [-0.25, -0.2) is 9.78 Å². The van der Waals surface area contributed by atoms with E-state index in [1.165, 1.54) is 19.4 Å². The van der Waals surface area contributed by atoms with Crippen molar-refractivity contribution in [2.45, 2.75) is 0 Å². The maximum atomic E-state index is 11.6. The summed E-state index contributed by atoms with van der Waals surface area (Å²) in [6.07, 6.45) is 1.49. The highest BCUT2D eigenvalue weighted by Crippen LogP contribution is 2.29. The molecule has 0 fully saturated rings. The van der Waals surface area contributed by atoms with E-state index >= 15 is 0 Å². The summed E-state index contributed by atoms with van der Waals surface area (Å²) in [6, 6.07) is 8.85. The Bertz CT molecular complexity index is 629. The summed E-state index contributed by atoms with van der Waals surface area (Å²) in [5.74, 6) is 0.516. The molecular formula is C14H15N3O3. The molecule has 2 rings (SSSR count). The van der Waals surface area contributed by atoms with Gasteiger partial charge in [-0.3, -0.25) is 0 Å². The van der Waals surface area contributed by atoms with E-state index in [-0.39, 0.29) is 11.3 Å². The van der Waals surface area contributed by atoms with Crippen molar-refractivity contribution in [2.75, 3.05) is 25.3 Å². The van der Waals surface area contributed by atoms with Crippen LogP contribution in [0.15, 0.2) is 36.5 Å². The topological polar surface area (TPSA) is 86.5 Å². The van der Waals surface area contributed by atoms with Crippen LogP contribution in [0.4, 0.5) is 17.2 Å². The summed E-state index contributed by atoms with van der Waals surface area (Å²) >= 11 is 0. The van der Waals surface area contributed by atoms with Gasteiger partial charge < -0.3 is 20.5 Å². The molecule has 0 aliphatic rings. The minimum atomic E-state index is -0.507. The largest absolute Gasteiger partial charge is 0.495 e. The lowest BCUT2D eigenvalue weighted by Gasteiger charge is -2.13. The highest BCUT2D eigenvalue weighted by molar-refractivity contribution is 5.98. The van der Waals surface area contributed by atoms with Crippen molar-refractivity contribution in [3.63, 3.8) is 0 Å². The van der Waals surface area contributed by atoms with Gasteiger partial charge in [-0.05, 0) is 18.2 Å². The standard InChI is InChI=1S/C14H15N3O3/c1-19-11-6-4-3-5-10(11)17-13-12(15)9(7-8-16-13)14(18)20-2/h3-8H,15H2,1-2H3,(H,16,17). The number of anilines is 3. The zero-order valence-electron chi connectivity index (χ0n) is 11.2. The number of hydrogen-bond donors (Lipinski definition) is 2. The van der Waals surface area contributed by atoms with E-state index in [1.54, 1.807) is 7.11 Å². The van der Waals surface area contributed by atoms with E-state index in [2.05, 4.69) is 15.0 Å². The summed E-state index contributed by atoms with van der Waals surface area (Å²) in [6.45, 7) is 0. The minimum Gasteiger partial charge on any atom is -0.495 e. The Morgan fingerprint density at radius 1 is 1.25 bits per heavy atom. The molecule has 3 N–H and O–H groups in total. The molecular weight excluding hydrogens is 258 g/mol. The molecule has 0 aliphatic carbocycles. The van der Waals surface area contributed by atoms with Crippen molar-refractivity contribution in [1.82, 2.24) is 4.98 Å². The average molecular weight is 273 g/mol. The van der Waals surface area contributed by atoms with Crippen LogP contribution in [0, 0.1) is 0 Å². The van der Waals surface area contributed by atoms with Gasteiger partial charge in [0, 0.05) is 6.20 Å². The number of esters is 1. The first-order valence-corrected chi connectivity index (χ1v) is 5.90. The Kier molecular flexibility index (Phi) is 4.05. The van der Waals surface area contributed by atoms with Gasteiger partial charge >= 0.3 is 5.97 Å². The third kappa shape index (κ3) is 2.64. The van der Waals surface area contributed by atoms with Crippen LogP contribution in [0.3, 0.4) is 0 Å². The number of ether oxygens (including phenoxy) is 2.